The van der Waals surface area contributed by atoms with Crippen molar-refractivity contribution in [2.24, 2.45) is 0 Å². The Morgan fingerprint density at radius 2 is 1.81 bits per heavy atom. The molecule has 1 aromatic rings. The van der Waals surface area contributed by atoms with Crippen LogP contribution in [-0.2, 0) is 6.42 Å². The van der Waals surface area contributed by atoms with Gasteiger partial charge in [-0.2, -0.15) is 0 Å². The minimum Gasteiger partial charge on any atom is -0.312 e. The lowest BCUT2D eigenvalue weighted by Gasteiger charge is -2.48. The van der Waals surface area contributed by atoms with Crippen LogP contribution >= 0.6 is 0 Å². The van der Waals surface area contributed by atoms with E-state index in [0.717, 1.165) is 26.1 Å². The van der Waals surface area contributed by atoms with E-state index in [2.05, 4.69) is 55.9 Å². The fraction of sp³-hybridized carbons (Fsp3) is 0.722. The first-order chi connectivity index (χ1) is 10.2. The topological polar surface area (TPSA) is 28.2 Å². The van der Waals surface area contributed by atoms with Gasteiger partial charge in [0.05, 0.1) is 0 Å². The van der Waals surface area contributed by atoms with Crippen molar-refractivity contribution in [1.29, 1.82) is 0 Å². The number of hydrogen-bond donors (Lipinski definition) is 1. The molecule has 1 unspecified atom stereocenters. The normalized spacial score (nSPS) is 13.6. The van der Waals surface area contributed by atoms with E-state index < -0.39 is 0 Å². The molecule has 0 bridgehead atoms. The van der Waals surface area contributed by atoms with Crippen LogP contribution in [0.25, 0.3) is 0 Å². The van der Waals surface area contributed by atoms with Gasteiger partial charge in [-0.3, -0.25) is 9.88 Å². The maximum atomic E-state index is 4.28. The quantitative estimate of drug-likeness (QED) is 0.715. The predicted molar refractivity (Wildman–Crippen MR) is 91.6 cm³/mol. The summed E-state index contributed by atoms with van der Waals surface area (Å²) < 4.78 is 0. The number of pyridine rings is 1. The van der Waals surface area contributed by atoms with Crippen LogP contribution in [0.3, 0.4) is 0 Å². The molecule has 0 spiro atoms. The first-order valence-electron chi connectivity index (χ1n) is 8.55. The van der Waals surface area contributed by atoms with Gasteiger partial charge in [-0.15, -0.1) is 0 Å². The number of nitrogens with one attached hydrogen (secondary N) is 1. The van der Waals surface area contributed by atoms with Gasteiger partial charge in [-0.1, -0.05) is 40.7 Å². The maximum absolute atomic E-state index is 4.28. The van der Waals surface area contributed by atoms with E-state index in [0.29, 0.717) is 6.04 Å². The Kier molecular flexibility index (Phi) is 7.91. The lowest BCUT2D eigenvalue weighted by molar-refractivity contribution is 0.0498. The molecule has 1 aromatic heterocycles. The van der Waals surface area contributed by atoms with Crippen LogP contribution in [0.1, 0.15) is 53.0 Å². The average Bonchev–Trinajstić information content (AvgIpc) is 2.53. The van der Waals surface area contributed by atoms with Crippen molar-refractivity contribution in [3.05, 3.63) is 30.1 Å². The molecule has 0 amide bonds. The summed E-state index contributed by atoms with van der Waals surface area (Å²) in [5.41, 5.74) is 1.54. The van der Waals surface area contributed by atoms with Crippen molar-refractivity contribution < 1.29 is 0 Å². The molecule has 0 saturated carbocycles. The summed E-state index contributed by atoms with van der Waals surface area (Å²) in [6.45, 7) is 14.6. The van der Waals surface area contributed by atoms with Crippen LogP contribution in [0, 0.1) is 0 Å². The van der Waals surface area contributed by atoms with Gasteiger partial charge < -0.3 is 5.32 Å². The van der Waals surface area contributed by atoms with E-state index in [1.165, 1.54) is 18.4 Å². The standard InChI is InChI=1S/C18H33N3/c1-6-18(7-2,21(9-4)10-5)17(20-8-3)14-16-12-11-13-19-15-16/h11-13,15,17,20H,6-10,14H2,1-5H3. The van der Waals surface area contributed by atoms with Gasteiger partial charge in [0.25, 0.3) is 0 Å². The van der Waals surface area contributed by atoms with Gasteiger partial charge in [-0.05, 0) is 50.5 Å². The monoisotopic (exact) mass is 291 g/mol. The summed E-state index contributed by atoms with van der Waals surface area (Å²) in [4.78, 5) is 6.91. The lowest BCUT2D eigenvalue weighted by Crippen LogP contribution is -2.61. The Bertz CT molecular complexity index is 369. The molecule has 0 aliphatic carbocycles. The summed E-state index contributed by atoms with van der Waals surface area (Å²) >= 11 is 0. The summed E-state index contributed by atoms with van der Waals surface area (Å²) in [5.74, 6) is 0. The molecule has 0 radical (unpaired) electrons. The molecule has 1 heterocycles. The smallest absolute Gasteiger partial charge is 0.0360 e. The molecule has 3 nitrogen and oxygen atoms in total. The minimum absolute atomic E-state index is 0.218. The second-order valence-electron chi connectivity index (χ2n) is 5.66. The SMILES string of the molecule is CCNC(Cc1cccnc1)C(CC)(CC)N(CC)CC. The van der Waals surface area contributed by atoms with Gasteiger partial charge in [0, 0.05) is 24.0 Å². The van der Waals surface area contributed by atoms with E-state index >= 15 is 0 Å². The third kappa shape index (κ3) is 4.27. The molecule has 1 N–H and O–H groups in total. The van der Waals surface area contributed by atoms with Crippen LogP contribution in [0.15, 0.2) is 24.5 Å². The molecule has 120 valence electrons. The fourth-order valence-corrected chi connectivity index (χ4v) is 3.72. The van der Waals surface area contributed by atoms with Crippen molar-refractivity contribution in [2.75, 3.05) is 19.6 Å². The molecular weight excluding hydrogens is 258 g/mol. The zero-order chi connectivity index (χ0) is 15.7. The zero-order valence-electron chi connectivity index (χ0n) is 14.5. The van der Waals surface area contributed by atoms with Crippen molar-refractivity contribution >= 4 is 0 Å². The molecule has 0 aliphatic heterocycles. The molecule has 0 aromatic carbocycles. The van der Waals surface area contributed by atoms with E-state index in [1.807, 2.05) is 18.5 Å². The summed E-state index contributed by atoms with van der Waals surface area (Å²) in [6.07, 6.45) is 7.23. The van der Waals surface area contributed by atoms with Crippen molar-refractivity contribution in [2.45, 2.75) is 65.5 Å². The van der Waals surface area contributed by atoms with Crippen LogP contribution in [0.4, 0.5) is 0 Å². The average molecular weight is 291 g/mol. The highest BCUT2D eigenvalue weighted by Crippen LogP contribution is 2.30. The molecule has 1 rings (SSSR count). The highest BCUT2D eigenvalue weighted by molar-refractivity contribution is 5.13. The number of likely N-dealkylation sites (N-methyl/N-ethyl adjacent to an activating group) is 2. The van der Waals surface area contributed by atoms with Gasteiger partial charge in [0.15, 0.2) is 0 Å². The first-order valence-corrected chi connectivity index (χ1v) is 8.55. The van der Waals surface area contributed by atoms with E-state index in [9.17, 15) is 0 Å². The third-order valence-corrected chi connectivity index (χ3v) is 4.88. The fourth-order valence-electron chi connectivity index (χ4n) is 3.72. The number of nitrogens with zero attached hydrogens (tertiary/aromatic N) is 2. The van der Waals surface area contributed by atoms with Crippen molar-refractivity contribution in [3.63, 3.8) is 0 Å². The van der Waals surface area contributed by atoms with Crippen LogP contribution in [0.2, 0.25) is 0 Å². The molecule has 0 saturated heterocycles. The van der Waals surface area contributed by atoms with E-state index in [4.69, 9.17) is 0 Å². The minimum atomic E-state index is 0.218. The summed E-state index contributed by atoms with van der Waals surface area (Å²) in [6, 6.07) is 4.69. The van der Waals surface area contributed by atoms with Gasteiger partial charge in [0.1, 0.15) is 0 Å². The van der Waals surface area contributed by atoms with Crippen molar-refractivity contribution in [1.82, 2.24) is 15.2 Å². The second kappa shape index (κ2) is 9.16. The van der Waals surface area contributed by atoms with E-state index in [-0.39, 0.29) is 5.54 Å². The largest absolute Gasteiger partial charge is 0.312 e. The predicted octanol–water partition coefficient (Wildman–Crippen LogP) is 3.50. The molecule has 1 atom stereocenters. The van der Waals surface area contributed by atoms with E-state index in [1.54, 1.807) is 0 Å². The Hall–Kier alpha value is -0.930. The number of aromatic nitrogens is 1. The number of hydrogen-bond acceptors (Lipinski definition) is 3. The maximum Gasteiger partial charge on any atom is 0.0360 e. The highest BCUT2D eigenvalue weighted by Gasteiger charge is 2.39. The third-order valence-electron chi connectivity index (χ3n) is 4.88. The summed E-state index contributed by atoms with van der Waals surface area (Å²) in [7, 11) is 0. The Labute approximate surface area is 131 Å². The molecule has 21 heavy (non-hydrogen) atoms. The summed E-state index contributed by atoms with van der Waals surface area (Å²) in [5, 5.41) is 3.75. The van der Waals surface area contributed by atoms with Gasteiger partial charge in [-0.25, -0.2) is 0 Å². The molecule has 0 fully saturated rings. The van der Waals surface area contributed by atoms with Gasteiger partial charge >= 0.3 is 0 Å². The molecule has 3 heteroatoms. The van der Waals surface area contributed by atoms with Crippen LogP contribution in [0.5, 0.6) is 0 Å². The highest BCUT2D eigenvalue weighted by atomic mass is 15.2. The first kappa shape index (κ1) is 18.1. The Balaban J connectivity index is 3.07. The molecular formula is C18H33N3. The zero-order valence-corrected chi connectivity index (χ0v) is 14.5. The van der Waals surface area contributed by atoms with Crippen LogP contribution < -0.4 is 5.32 Å². The molecule has 0 aliphatic rings. The van der Waals surface area contributed by atoms with Gasteiger partial charge in [0.2, 0.25) is 0 Å². The lowest BCUT2D eigenvalue weighted by atomic mass is 9.79. The second-order valence-corrected chi connectivity index (χ2v) is 5.66. The number of rotatable bonds is 10. The van der Waals surface area contributed by atoms with Crippen LogP contribution in [-0.4, -0.2) is 41.1 Å². The Morgan fingerprint density at radius 1 is 1.14 bits per heavy atom. The van der Waals surface area contributed by atoms with Crippen molar-refractivity contribution in [3.8, 4) is 0 Å². The Morgan fingerprint density at radius 3 is 2.24 bits per heavy atom.